The molecule has 0 aromatic rings. The van der Waals surface area contributed by atoms with Gasteiger partial charge in [0.15, 0.2) is 0 Å². The van der Waals surface area contributed by atoms with E-state index in [0.29, 0.717) is 19.4 Å². The Balaban J connectivity index is 3.44. The molecule has 2 atom stereocenters. The minimum absolute atomic E-state index is 0.00224. The molecule has 0 saturated heterocycles. The molecule has 77 heavy (non-hydrogen) atoms. The van der Waals surface area contributed by atoms with Crippen LogP contribution < -0.4 is 5.32 Å². The summed E-state index contributed by atoms with van der Waals surface area (Å²) in [7, 11) is 0. The number of allylic oxidation sites excluding steroid dienone is 7. The Kier molecular flexibility index (Phi) is 64.5. The van der Waals surface area contributed by atoms with E-state index >= 15 is 0 Å². The first-order valence-corrected chi connectivity index (χ1v) is 34.4. The second kappa shape index (κ2) is 66.3. The number of hydrogen-bond acceptors (Lipinski definition) is 5. The number of aliphatic hydroxyl groups is 2. The molecule has 0 aliphatic heterocycles. The van der Waals surface area contributed by atoms with E-state index in [2.05, 4.69) is 55.6 Å². The molecule has 0 saturated carbocycles. The lowest BCUT2D eigenvalue weighted by molar-refractivity contribution is -0.143. The van der Waals surface area contributed by atoms with Crippen molar-refractivity contribution in [3.05, 3.63) is 48.6 Å². The molecular weight excluding hydrogens is 947 g/mol. The highest BCUT2D eigenvalue weighted by atomic mass is 16.5. The first kappa shape index (κ1) is 74.8. The molecule has 0 radical (unpaired) electrons. The molecule has 0 fully saturated rings. The molecule has 0 heterocycles. The average Bonchev–Trinajstić information content (AvgIpc) is 3.43. The van der Waals surface area contributed by atoms with E-state index in [9.17, 15) is 19.8 Å². The third-order valence-corrected chi connectivity index (χ3v) is 15.8. The summed E-state index contributed by atoms with van der Waals surface area (Å²) in [5, 5.41) is 23.2. The molecule has 1 amide bonds. The van der Waals surface area contributed by atoms with Crippen molar-refractivity contribution >= 4 is 11.9 Å². The van der Waals surface area contributed by atoms with Crippen molar-refractivity contribution in [2.24, 2.45) is 0 Å². The van der Waals surface area contributed by atoms with Crippen LogP contribution in [0.4, 0.5) is 0 Å². The molecule has 0 aliphatic rings. The normalized spacial score (nSPS) is 12.8. The van der Waals surface area contributed by atoms with Crippen LogP contribution in [0.5, 0.6) is 0 Å². The van der Waals surface area contributed by atoms with Crippen LogP contribution in [-0.2, 0) is 14.3 Å². The number of hydrogen-bond donors (Lipinski definition) is 3. The van der Waals surface area contributed by atoms with Gasteiger partial charge in [0.05, 0.1) is 25.4 Å². The van der Waals surface area contributed by atoms with E-state index in [4.69, 9.17) is 4.74 Å². The maximum atomic E-state index is 12.5. The van der Waals surface area contributed by atoms with Gasteiger partial charge in [0, 0.05) is 12.8 Å². The van der Waals surface area contributed by atoms with Gasteiger partial charge in [-0.25, -0.2) is 0 Å². The third kappa shape index (κ3) is 62.9. The standard InChI is InChI=1S/C71H133NO5/c1-3-5-7-9-11-13-15-17-19-21-23-28-31-35-39-43-47-51-55-59-63-69(74)68(67-73)72-70(75)64-60-56-52-48-44-40-36-32-29-26-24-25-27-30-34-38-42-46-50-54-58-62-66-77-71(76)65-61-57-53-49-45-41-37-33-22-20-18-16-14-12-10-8-6-4-2/h14,16,20,22,26,29,59,63,68-69,73-74H,3-13,15,17-19,21,23-25,27-28,30-58,60-62,64-67H2,1-2H3,(H,72,75)/b16-14-,22-20-,29-26-,63-59+. The van der Waals surface area contributed by atoms with Crippen molar-refractivity contribution in [1.29, 1.82) is 0 Å². The van der Waals surface area contributed by atoms with E-state index in [1.165, 1.54) is 283 Å². The van der Waals surface area contributed by atoms with Crippen LogP contribution in [0.3, 0.4) is 0 Å². The molecule has 6 nitrogen and oxygen atoms in total. The van der Waals surface area contributed by atoms with Crippen LogP contribution >= 0.6 is 0 Å². The molecule has 6 heteroatoms. The fraction of sp³-hybridized carbons (Fsp3) is 0.859. The minimum Gasteiger partial charge on any atom is -0.466 e. The van der Waals surface area contributed by atoms with E-state index in [1.807, 2.05) is 6.08 Å². The van der Waals surface area contributed by atoms with Gasteiger partial charge in [-0.3, -0.25) is 9.59 Å². The Bertz CT molecular complexity index is 1290. The zero-order chi connectivity index (χ0) is 55.7. The third-order valence-electron chi connectivity index (χ3n) is 15.8. The summed E-state index contributed by atoms with van der Waals surface area (Å²) >= 11 is 0. The first-order chi connectivity index (χ1) is 38.0. The fourth-order valence-corrected chi connectivity index (χ4v) is 10.5. The molecular formula is C71H133NO5. The molecule has 452 valence electrons. The zero-order valence-electron chi connectivity index (χ0n) is 51.7. The predicted octanol–water partition coefficient (Wildman–Crippen LogP) is 22.1. The lowest BCUT2D eigenvalue weighted by Gasteiger charge is -2.20. The van der Waals surface area contributed by atoms with Crippen LogP contribution in [0, 0.1) is 0 Å². The van der Waals surface area contributed by atoms with Crippen molar-refractivity contribution in [1.82, 2.24) is 5.32 Å². The van der Waals surface area contributed by atoms with Gasteiger partial charge in [-0.05, 0) is 89.9 Å². The molecule has 2 unspecified atom stereocenters. The maximum absolute atomic E-state index is 12.5. The number of carbonyl (C=O) groups excluding carboxylic acids is 2. The van der Waals surface area contributed by atoms with E-state index in [-0.39, 0.29) is 18.5 Å². The van der Waals surface area contributed by atoms with Crippen LogP contribution in [0.15, 0.2) is 48.6 Å². The highest BCUT2D eigenvalue weighted by Crippen LogP contribution is 2.18. The average molecular weight is 1080 g/mol. The van der Waals surface area contributed by atoms with Crippen molar-refractivity contribution in [2.45, 2.75) is 379 Å². The largest absolute Gasteiger partial charge is 0.466 e. The predicted molar refractivity (Wildman–Crippen MR) is 338 cm³/mol. The van der Waals surface area contributed by atoms with Crippen LogP contribution in [0.2, 0.25) is 0 Å². The van der Waals surface area contributed by atoms with Gasteiger partial charge in [0.1, 0.15) is 0 Å². The Morgan fingerprint density at radius 2 is 0.649 bits per heavy atom. The number of rotatable bonds is 64. The number of aliphatic hydroxyl groups excluding tert-OH is 2. The van der Waals surface area contributed by atoms with Gasteiger partial charge < -0.3 is 20.3 Å². The number of unbranched alkanes of at least 4 members (excludes halogenated alkanes) is 47. The smallest absolute Gasteiger partial charge is 0.305 e. The van der Waals surface area contributed by atoms with Gasteiger partial charge in [-0.1, -0.05) is 313 Å². The Morgan fingerprint density at radius 3 is 1.01 bits per heavy atom. The molecule has 0 rings (SSSR count). The monoisotopic (exact) mass is 1080 g/mol. The van der Waals surface area contributed by atoms with E-state index < -0.39 is 12.1 Å². The minimum atomic E-state index is -0.851. The summed E-state index contributed by atoms with van der Waals surface area (Å²) in [6.45, 7) is 4.90. The van der Waals surface area contributed by atoms with Gasteiger partial charge in [-0.15, -0.1) is 0 Å². The number of esters is 1. The first-order valence-electron chi connectivity index (χ1n) is 34.4. The van der Waals surface area contributed by atoms with Gasteiger partial charge >= 0.3 is 5.97 Å². The lowest BCUT2D eigenvalue weighted by Crippen LogP contribution is -2.45. The topological polar surface area (TPSA) is 95.9 Å². The highest BCUT2D eigenvalue weighted by Gasteiger charge is 2.18. The van der Waals surface area contributed by atoms with E-state index in [0.717, 1.165) is 57.8 Å². The van der Waals surface area contributed by atoms with Gasteiger partial charge in [0.2, 0.25) is 5.91 Å². The number of carbonyl (C=O) groups is 2. The molecule has 0 aromatic heterocycles. The summed E-state index contributed by atoms with van der Waals surface area (Å²) in [5.41, 5.74) is 0. The fourth-order valence-electron chi connectivity index (χ4n) is 10.5. The van der Waals surface area contributed by atoms with Crippen LogP contribution in [0.1, 0.15) is 367 Å². The lowest BCUT2D eigenvalue weighted by atomic mass is 10.0. The summed E-state index contributed by atoms with van der Waals surface area (Å²) in [6.07, 6.45) is 86.0. The molecule has 0 aliphatic carbocycles. The van der Waals surface area contributed by atoms with Gasteiger partial charge in [0.25, 0.3) is 0 Å². The Morgan fingerprint density at radius 1 is 0.364 bits per heavy atom. The van der Waals surface area contributed by atoms with Crippen molar-refractivity contribution < 1.29 is 24.5 Å². The number of ether oxygens (including phenoxy) is 1. The molecule has 3 N–H and O–H groups in total. The highest BCUT2D eigenvalue weighted by molar-refractivity contribution is 5.76. The quantitative estimate of drug-likeness (QED) is 0.0320. The molecule has 0 aromatic carbocycles. The van der Waals surface area contributed by atoms with Crippen molar-refractivity contribution in [3.8, 4) is 0 Å². The zero-order valence-corrected chi connectivity index (χ0v) is 51.7. The summed E-state index contributed by atoms with van der Waals surface area (Å²) in [5.74, 6) is -0.0703. The van der Waals surface area contributed by atoms with Crippen molar-refractivity contribution in [2.75, 3.05) is 13.2 Å². The van der Waals surface area contributed by atoms with Crippen LogP contribution in [-0.4, -0.2) is 47.4 Å². The number of amides is 1. The number of nitrogens with one attached hydrogen (secondary N) is 1. The Labute approximate surface area is 480 Å². The van der Waals surface area contributed by atoms with E-state index in [1.54, 1.807) is 6.08 Å². The summed E-state index contributed by atoms with van der Waals surface area (Å²) in [4.78, 5) is 24.6. The summed E-state index contributed by atoms with van der Waals surface area (Å²) in [6, 6.07) is -0.635. The Hall–Kier alpha value is -2.18. The van der Waals surface area contributed by atoms with Gasteiger partial charge in [-0.2, -0.15) is 0 Å². The molecule has 0 spiro atoms. The second-order valence-electron chi connectivity index (χ2n) is 23.5. The maximum Gasteiger partial charge on any atom is 0.305 e. The van der Waals surface area contributed by atoms with Crippen LogP contribution in [0.25, 0.3) is 0 Å². The van der Waals surface area contributed by atoms with Crippen molar-refractivity contribution in [3.63, 3.8) is 0 Å². The molecule has 0 bridgehead atoms. The SMILES string of the molecule is CCCCCC/C=C\C/C=C\CCCCCCCCCC(=O)OCCCCCCCCCCCCC/C=C\CCCCCCCCCC(=O)NC(CO)C(O)/C=C/CCCCCCCCCCCCCCCCCCCC. The second-order valence-corrected chi connectivity index (χ2v) is 23.5. The summed E-state index contributed by atoms with van der Waals surface area (Å²) < 4.78 is 5.50.